The molecule has 2 unspecified atom stereocenters. The number of likely N-dealkylation sites (tertiary alicyclic amines) is 1. The third kappa shape index (κ3) is 3.48. The highest BCUT2D eigenvalue weighted by Crippen LogP contribution is 2.26. The predicted octanol–water partition coefficient (Wildman–Crippen LogP) is 2.35. The van der Waals surface area contributed by atoms with E-state index in [9.17, 15) is 18.4 Å². The lowest BCUT2D eigenvalue weighted by molar-refractivity contribution is -0.143. The van der Waals surface area contributed by atoms with E-state index in [1.54, 1.807) is 0 Å². The summed E-state index contributed by atoms with van der Waals surface area (Å²) in [5, 5.41) is 18.2. The van der Waals surface area contributed by atoms with Crippen LogP contribution in [0.2, 0.25) is 0 Å². The van der Waals surface area contributed by atoms with Gasteiger partial charge in [-0.25, -0.2) is 13.6 Å². The molecule has 0 spiro atoms. The maximum atomic E-state index is 13.7. The Labute approximate surface area is 119 Å². The summed E-state index contributed by atoms with van der Waals surface area (Å²) in [6.07, 6.45) is -0.901. The molecule has 2 N–H and O–H groups in total. The van der Waals surface area contributed by atoms with E-state index in [2.05, 4.69) is 0 Å². The second-order valence-electron chi connectivity index (χ2n) is 5.13. The Balaban J connectivity index is 2.21. The van der Waals surface area contributed by atoms with Crippen LogP contribution in [0.5, 0.6) is 0 Å². The standard InChI is InChI=1S/C14H15F2NO4/c15-10-1-2-12(16)9(5-10)7-11-6-8(13(18)19)3-4-17(11)14(20)21/h1-2,5,8,11H,3-4,6-7H2,(H,18,19)(H,20,21). The molecule has 0 radical (unpaired) electrons. The van der Waals surface area contributed by atoms with Crippen LogP contribution < -0.4 is 0 Å². The lowest BCUT2D eigenvalue weighted by Gasteiger charge is -2.36. The first kappa shape index (κ1) is 15.2. The molecule has 0 saturated carbocycles. The molecule has 7 heteroatoms. The molecule has 1 fully saturated rings. The number of hydrogen-bond donors (Lipinski definition) is 2. The van der Waals surface area contributed by atoms with Crippen LogP contribution in [0.15, 0.2) is 18.2 Å². The monoisotopic (exact) mass is 299 g/mol. The predicted molar refractivity (Wildman–Crippen MR) is 68.9 cm³/mol. The normalized spacial score (nSPS) is 22.1. The van der Waals surface area contributed by atoms with Gasteiger partial charge in [-0.05, 0) is 43.0 Å². The van der Waals surface area contributed by atoms with Gasteiger partial charge in [0.15, 0.2) is 0 Å². The van der Waals surface area contributed by atoms with Crippen LogP contribution in [0.25, 0.3) is 0 Å². The molecule has 1 amide bonds. The number of halogens is 2. The molecule has 0 bridgehead atoms. The van der Waals surface area contributed by atoms with Gasteiger partial charge in [-0.2, -0.15) is 0 Å². The number of hydrogen-bond acceptors (Lipinski definition) is 2. The van der Waals surface area contributed by atoms with Crippen molar-refractivity contribution in [3.05, 3.63) is 35.4 Å². The second kappa shape index (κ2) is 6.07. The van der Waals surface area contributed by atoms with Gasteiger partial charge in [-0.3, -0.25) is 4.79 Å². The first-order valence-corrected chi connectivity index (χ1v) is 6.54. The summed E-state index contributed by atoms with van der Waals surface area (Å²) in [4.78, 5) is 23.3. The highest BCUT2D eigenvalue weighted by molar-refractivity contribution is 5.71. The van der Waals surface area contributed by atoms with Gasteiger partial charge >= 0.3 is 12.1 Å². The van der Waals surface area contributed by atoms with Crippen LogP contribution in [-0.2, 0) is 11.2 Å². The number of benzene rings is 1. The van der Waals surface area contributed by atoms with E-state index < -0.39 is 35.7 Å². The lowest BCUT2D eigenvalue weighted by Crippen LogP contribution is -2.48. The minimum atomic E-state index is -1.18. The lowest BCUT2D eigenvalue weighted by atomic mass is 9.88. The number of rotatable bonds is 3. The van der Waals surface area contributed by atoms with E-state index in [0.717, 1.165) is 23.1 Å². The van der Waals surface area contributed by atoms with E-state index in [0.29, 0.717) is 0 Å². The van der Waals surface area contributed by atoms with Crippen molar-refractivity contribution in [2.75, 3.05) is 6.54 Å². The number of piperidine rings is 1. The number of carboxylic acids is 1. The number of aliphatic carboxylic acids is 1. The smallest absolute Gasteiger partial charge is 0.407 e. The second-order valence-corrected chi connectivity index (χ2v) is 5.13. The van der Waals surface area contributed by atoms with Crippen molar-refractivity contribution < 1.29 is 28.6 Å². The summed E-state index contributed by atoms with van der Waals surface area (Å²) in [7, 11) is 0. The third-order valence-electron chi connectivity index (χ3n) is 3.77. The van der Waals surface area contributed by atoms with E-state index in [1.807, 2.05) is 0 Å². The number of nitrogens with zero attached hydrogens (tertiary/aromatic N) is 1. The molecule has 5 nitrogen and oxygen atoms in total. The highest BCUT2D eigenvalue weighted by Gasteiger charge is 2.35. The molecule has 1 aliphatic heterocycles. The maximum Gasteiger partial charge on any atom is 0.407 e. The van der Waals surface area contributed by atoms with Crippen LogP contribution in [0, 0.1) is 17.6 Å². The molecule has 21 heavy (non-hydrogen) atoms. The van der Waals surface area contributed by atoms with Crippen LogP contribution in [0.3, 0.4) is 0 Å². The summed E-state index contributed by atoms with van der Waals surface area (Å²) in [6, 6.07) is 2.30. The van der Waals surface area contributed by atoms with Crippen LogP contribution in [0.1, 0.15) is 18.4 Å². The van der Waals surface area contributed by atoms with E-state index in [-0.39, 0.29) is 31.4 Å². The topological polar surface area (TPSA) is 77.8 Å². The first-order valence-electron chi connectivity index (χ1n) is 6.54. The van der Waals surface area contributed by atoms with Gasteiger partial charge < -0.3 is 15.1 Å². The Morgan fingerprint density at radius 2 is 2.00 bits per heavy atom. The van der Waals surface area contributed by atoms with Crippen molar-refractivity contribution in [3.8, 4) is 0 Å². The fourth-order valence-electron chi connectivity index (χ4n) is 2.67. The van der Waals surface area contributed by atoms with Gasteiger partial charge in [0, 0.05) is 12.6 Å². The average molecular weight is 299 g/mol. The van der Waals surface area contributed by atoms with Crippen LogP contribution in [0.4, 0.5) is 13.6 Å². The van der Waals surface area contributed by atoms with Crippen molar-refractivity contribution in [2.24, 2.45) is 5.92 Å². The van der Waals surface area contributed by atoms with Gasteiger partial charge in [0.1, 0.15) is 11.6 Å². The maximum absolute atomic E-state index is 13.7. The van der Waals surface area contributed by atoms with Crippen molar-refractivity contribution >= 4 is 12.1 Å². The largest absolute Gasteiger partial charge is 0.481 e. The fraction of sp³-hybridized carbons (Fsp3) is 0.429. The molecule has 1 saturated heterocycles. The van der Waals surface area contributed by atoms with Gasteiger partial charge in [0.2, 0.25) is 0 Å². The van der Waals surface area contributed by atoms with Crippen molar-refractivity contribution in [1.82, 2.24) is 4.90 Å². The Bertz CT molecular complexity index is 564. The van der Waals surface area contributed by atoms with Crippen molar-refractivity contribution in [1.29, 1.82) is 0 Å². The molecule has 2 rings (SSSR count). The van der Waals surface area contributed by atoms with Gasteiger partial charge in [0.05, 0.1) is 5.92 Å². The molecule has 1 aromatic rings. The summed E-state index contributed by atoms with van der Waals surface area (Å²) in [5.74, 6) is -2.90. The number of carbonyl (C=O) groups is 2. The Morgan fingerprint density at radius 1 is 1.29 bits per heavy atom. The van der Waals surface area contributed by atoms with Gasteiger partial charge in [-0.1, -0.05) is 0 Å². The fourth-order valence-corrected chi connectivity index (χ4v) is 2.67. The molecule has 0 aliphatic carbocycles. The van der Waals surface area contributed by atoms with Crippen molar-refractivity contribution in [3.63, 3.8) is 0 Å². The van der Waals surface area contributed by atoms with Crippen LogP contribution in [-0.4, -0.2) is 39.8 Å². The Hall–Kier alpha value is -2.18. The number of amides is 1. The highest BCUT2D eigenvalue weighted by atomic mass is 19.1. The average Bonchev–Trinajstić information content (AvgIpc) is 2.42. The van der Waals surface area contributed by atoms with Gasteiger partial charge in [0.25, 0.3) is 0 Å². The molecular formula is C14H15F2NO4. The molecule has 1 aliphatic rings. The van der Waals surface area contributed by atoms with E-state index >= 15 is 0 Å². The quantitative estimate of drug-likeness (QED) is 0.898. The molecular weight excluding hydrogens is 284 g/mol. The summed E-state index contributed by atoms with van der Waals surface area (Å²) in [6.45, 7) is 0.0773. The molecule has 114 valence electrons. The van der Waals surface area contributed by atoms with E-state index in [4.69, 9.17) is 10.2 Å². The zero-order valence-corrected chi connectivity index (χ0v) is 11.1. The van der Waals surface area contributed by atoms with Crippen molar-refractivity contribution in [2.45, 2.75) is 25.3 Å². The first-order chi connectivity index (χ1) is 9.88. The third-order valence-corrected chi connectivity index (χ3v) is 3.77. The molecule has 1 heterocycles. The summed E-state index contributed by atoms with van der Waals surface area (Å²) in [5.41, 5.74) is 0.0530. The number of carboxylic acid groups (broad SMARTS) is 2. The Morgan fingerprint density at radius 3 is 2.62 bits per heavy atom. The van der Waals surface area contributed by atoms with Gasteiger partial charge in [-0.15, -0.1) is 0 Å². The van der Waals surface area contributed by atoms with E-state index in [1.165, 1.54) is 0 Å². The Kier molecular flexibility index (Phi) is 4.40. The zero-order chi connectivity index (χ0) is 15.6. The SMILES string of the molecule is O=C(O)C1CCN(C(=O)O)C(Cc2cc(F)ccc2F)C1. The summed E-state index contributed by atoms with van der Waals surface area (Å²) >= 11 is 0. The molecule has 2 atom stereocenters. The molecule has 1 aromatic carbocycles. The van der Waals surface area contributed by atoms with Crippen LogP contribution >= 0.6 is 0 Å². The zero-order valence-electron chi connectivity index (χ0n) is 11.1. The minimum absolute atomic E-state index is 0.0420. The minimum Gasteiger partial charge on any atom is -0.481 e. The molecule has 0 aromatic heterocycles. The summed E-state index contributed by atoms with van der Waals surface area (Å²) < 4.78 is 26.8.